The monoisotopic (exact) mass is 319 g/mol. The van der Waals surface area contributed by atoms with Crippen LogP contribution in [0, 0.1) is 0 Å². The average Bonchev–Trinajstić information content (AvgIpc) is 2.45. The number of rotatable bonds is 4. The van der Waals surface area contributed by atoms with E-state index in [1.165, 1.54) is 0 Å². The maximum Gasteiger partial charge on any atom is 0.252 e. The maximum atomic E-state index is 12.1. The Morgan fingerprint density at radius 1 is 1.16 bits per heavy atom. The molecule has 0 heterocycles. The zero-order chi connectivity index (χ0) is 13.7. The standard InChI is InChI=1S/C15H14BrNO2/c1-19-14-9-5-2-6-11(14)10-17-15(18)12-7-3-4-8-13(12)16/h2-9H,10H2,1H3,(H,17,18). The van der Waals surface area contributed by atoms with Crippen molar-refractivity contribution < 1.29 is 9.53 Å². The van der Waals surface area contributed by atoms with Crippen molar-refractivity contribution in [3.05, 3.63) is 64.1 Å². The van der Waals surface area contributed by atoms with Gasteiger partial charge >= 0.3 is 0 Å². The fraction of sp³-hybridized carbons (Fsp3) is 0.133. The van der Waals surface area contributed by atoms with Crippen LogP contribution in [-0.2, 0) is 6.54 Å². The second-order valence-corrected chi connectivity index (χ2v) is 4.83. The minimum atomic E-state index is -0.113. The van der Waals surface area contributed by atoms with Gasteiger partial charge in [0.15, 0.2) is 0 Å². The van der Waals surface area contributed by atoms with Gasteiger partial charge in [-0.05, 0) is 34.1 Å². The summed E-state index contributed by atoms with van der Waals surface area (Å²) in [5, 5.41) is 2.88. The van der Waals surface area contributed by atoms with Gasteiger partial charge in [0, 0.05) is 16.6 Å². The predicted molar refractivity (Wildman–Crippen MR) is 78.3 cm³/mol. The fourth-order valence-electron chi connectivity index (χ4n) is 1.77. The second kappa shape index (κ2) is 6.38. The van der Waals surface area contributed by atoms with Crippen LogP contribution < -0.4 is 10.1 Å². The molecule has 2 rings (SSSR count). The topological polar surface area (TPSA) is 38.3 Å². The molecule has 1 N–H and O–H groups in total. The minimum absolute atomic E-state index is 0.113. The highest BCUT2D eigenvalue weighted by atomic mass is 79.9. The van der Waals surface area contributed by atoms with Gasteiger partial charge in [-0.25, -0.2) is 0 Å². The van der Waals surface area contributed by atoms with Gasteiger partial charge in [0.25, 0.3) is 5.91 Å². The molecule has 0 aliphatic rings. The molecule has 4 heteroatoms. The SMILES string of the molecule is COc1ccccc1CNC(=O)c1ccccc1Br. The van der Waals surface area contributed by atoms with Gasteiger partial charge in [-0.1, -0.05) is 30.3 Å². The molecule has 0 aromatic heterocycles. The average molecular weight is 320 g/mol. The van der Waals surface area contributed by atoms with Crippen molar-refractivity contribution in [2.75, 3.05) is 7.11 Å². The number of hydrogen-bond donors (Lipinski definition) is 1. The Balaban J connectivity index is 2.07. The summed E-state index contributed by atoms with van der Waals surface area (Å²) in [4.78, 5) is 12.1. The lowest BCUT2D eigenvalue weighted by Crippen LogP contribution is -2.23. The number of methoxy groups -OCH3 is 1. The molecule has 0 aliphatic heterocycles. The normalized spacial score (nSPS) is 10.0. The molecule has 0 spiro atoms. The van der Waals surface area contributed by atoms with E-state index in [1.54, 1.807) is 13.2 Å². The molecule has 2 aromatic carbocycles. The fourth-order valence-corrected chi connectivity index (χ4v) is 2.23. The summed E-state index contributed by atoms with van der Waals surface area (Å²) in [7, 11) is 1.62. The van der Waals surface area contributed by atoms with Crippen LogP contribution >= 0.6 is 15.9 Å². The number of amides is 1. The van der Waals surface area contributed by atoms with Gasteiger partial charge in [-0.3, -0.25) is 4.79 Å². The summed E-state index contributed by atoms with van der Waals surface area (Å²) in [6.07, 6.45) is 0. The van der Waals surface area contributed by atoms with E-state index < -0.39 is 0 Å². The highest BCUT2D eigenvalue weighted by Crippen LogP contribution is 2.18. The Bertz CT molecular complexity index is 584. The van der Waals surface area contributed by atoms with E-state index in [4.69, 9.17) is 4.74 Å². The van der Waals surface area contributed by atoms with Crippen LogP contribution in [0.5, 0.6) is 5.75 Å². The van der Waals surface area contributed by atoms with Crippen LogP contribution in [0.4, 0.5) is 0 Å². The van der Waals surface area contributed by atoms with Gasteiger partial charge < -0.3 is 10.1 Å². The summed E-state index contributed by atoms with van der Waals surface area (Å²) in [5.74, 6) is 0.660. The molecule has 0 unspecified atom stereocenters. The van der Waals surface area contributed by atoms with Crippen molar-refractivity contribution in [2.24, 2.45) is 0 Å². The predicted octanol–water partition coefficient (Wildman–Crippen LogP) is 3.39. The van der Waals surface area contributed by atoms with Gasteiger partial charge in [-0.2, -0.15) is 0 Å². The Hall–Kier alpha value is -1.81. The Labute approximate surface area is 120 Å². The van der Waals surface area contributed by atoms with Crippen LogP contribution in [-0.4, -0.2) is 13.0 Å². The molecule has 1 amide bonds. The summed E-state index contributed by atoms with van der Waals surface area (Å²) in [6.45, 7) is 0.435. The number of carbonyl (C=O) groups is 1. The van der Waals surface area contributed by atoms with Crippen molar-refractivity contribution in [3.8, 4) is 5.75 Å². The first-order valence-electron chi connectivity index (χ1n) is 5.87. The summed E-state index contributed by atoms with van der Waals surface area (Å²) >= 11 is 3.37. The summed E-state index contributed by atoms with van der Waals surface area (Å²) < 4.78 is 6.03. The lowest BCUT2D eigenvalue weighted by molar-refractivity contribution is 0.0950. The lowest BCUT2D eigenvalue weighted by Gasteiger charge is -2.10. The second-order valence-electron chi connectivity index (χ2n) is 3.97. The van der Waals surface area contributed by atoms with Crippen LogP contribution in [0.3, 0.4) is 0 Å². The third-order valence-corrected chi connectivity index (χ3v) is 3.44. The maximum absolute atomic E-state index is 12.1. The van der Waals surface area contributed by atoms with Crippen molar-refractivity contribution in [3.63, 3.8) is 0 Å². The number of benzene rings is 2. The number of hydrogen-bond acceptors (Lipinski definition) is 2. The van der Waals surface area contributed by atoms with Gasteiger partial charge in [0.1, 0.15) is 5.75 Å². The third kappa shape index (κ3) is 3.35. The van der Waals surface area contributed by atoms with Crippen molar-refractivity contribution in [1.29, 1.82) is 0 Å². The number of nitrogens with one attached hydrogen (secondary N) is 1. The van der Waals surface area contributed by atoms with Gasteiger partial charge in [0.2, 0.25) is 0 Å². The zero-order valence-electron chi connectivity index (χ0n) is 10.5. The molecule has 0 aliphatic carbocycles. The quantitative estimate of drug-likeness (QED) is 0.938. The van der Waals surface area contributed by atoms with E-state index in [1.807, 2.05) is 42.5 Å². The molecule has 19 heavy (non-hydrogen) atoms. The first kappa shape index (κ1) is 13.6. The van der Waals surface area contributed by atoms with E-state index in [9.17, 15) is 4.79 Å². The van der Waals surface area contributed by atoms with E-state index >= 15 is 0 Å². The van der Waals surface area contributed by atoms with E-state index in [-0.39, 0.29) is 5.91 Å². The number of carbonyl (C=O) groups excluding carboxylic acids is 1. The highest BCUT2D eigenvalue weighted by molar-refractivity contribution is 9.10. The molecule has 0 saturated carbocycles. The molecule has 2 aromatic rings. The Kier molecular flexibility index (Phi) is 4.58. The van der Waals surface area contributed by atoms with E-state index in [0.717, 1.165) is 15.8 Å². The number of ether oxygens (including phenoxy) is 1. The lowest BCUT2D eigenvalue weighted by atomic mass is 10.2. The smallest absolute Gasteiger partial charge is 0.252 e. The van der Waals surface area contributed by atoms with Gasteiger partial charge in [0.05, 0.1) is 12.7 Å². The first-order chi connectivity index (χ1) is 9.22. The molecule has 98 valence electrons. The van der Waals surface area contributed by atoms with Crippen LogP contribution in [0.2, 0.25) is 0 Å². The van der Waals surface area contributed by atoms with Gasteiger partial charge in [-0.15, -0.1) is 0 Å². The van der Waals surface area contributed by atoms with E-state index in [0.29, 0.717) is 12.1 Å². The van der Waals surface area contributed by atoms with E-state index in [2.05, 4.69) is 21.2 Å². The zero-order valence-corrected chi connectivity index (χ0v) is 12.1. The molecular formula is C15H14BrNO2. The molecular weight excluding hydrogens is 306 g/mol. The minimum Gasteiger partial charge on any atom is -0.496 e. The van der Waals surface area contributed by atoms with Crippen LogP contribution in [0.1, 0.15) is 15.9 Å². The van der Waals surface area contributed by atoms with Crippen LogP contribution in [0.15, 0.2) is 53.0 Å². The Morgan fingerprint density at radius 2 is 1.84 bits per heavy atom. The van der Waals surface area contributed by atoms with Crippen molar-refractivity contribution >= 4 is 21.8 Å². The molecule has 0 bridgehead atoms. The number of para-hydroxylation sites is 1. The molecule has 0 fully saturated rings. The van der Waals surface area contributed by atoms with Crippen LogP contribution in [0.25, 0.3) is 0 Å². The summed E-state index contributed by atoms with van der Waals surface area (Å²) in [5.41, 5.74) is 1.57. The van der Waals surface area contributed by atoms with Crippen molar-refractivity contribution in [2.45, 2.75) is 6.54 Å². The molecule has 0 atom stereocenters. The molecule has 0 radical (unpaired) electrons. The number of halogens is 1. The van der Waals surface area contributed by atoms with Crippen molar-refractivity contribution in [1.82, 2.24) is 5.32 Å². The first-order valence-corrected chi connectivity index (χ1v) is 6.66. The third-order valence-electron chi connectivity index (χ3n) is 2.75. The summed E-state index contributed by atoms with van der Waals surface area (Å²) in [6, 6.07) is 15.0. The highest BCUT2D eigenvalue weighted by Gasteiger charge is 2.09. The molecule has 0 saturated heterocycles. The Morgan fingerprint density at radius 3 is 2.58 bits per heavy atom. The largest absolute Gasteiger partial charge is 0.496 e. The molecule has 3 nitrogen and oxygen atoms in total.